The molecule has 1 aliphatic heterocycles. The van der Waals surface area contributed by atoms with Gasteiger partial charge in [-0.15, -0.1) is 0 Å². The smallest absolute Gasteiger partial charge is 0.257 e. The van der Waals surface area contributed by atoms with Crippen LogP contribution in [0, 0.1) is 0 Å². The normalized spacial score (nSPS) is 17.1. The predicted molar refractivity (Wildman–Crippen MR) is 130 cm³/mol. The van der Waals surface area contributed by atoms with Gasteiger partial charge in [-0.3, -0.25) is 14.9 Å². The molecule has 2 aromatic carbocycles. The Hall–Kier alpha value is -2.82. The topological polar surface area (TPSA) is 108 Å². The molecular weight excluding hydrogens is 460 g/mol. The van der Waals surface area contributed by atoms with Crippen LogP contribution >= 0.6 is 11.3 Å². The summed E-state index contributed by atoms with van der Waals surface area (Å²) in [6.45, 7) is 3.98. The van der Waals surface area contributed by atoms with Crippen LogP contribution in [0.4, 0.5) is 10.8 Å². The number of hydrogen-bond donors (Lipinski definition) is 2. The zero-order valence-corrected chi connectivity index (χ0v) is 20.1. The van der Waals surface area contributed by atoms with Gasteiger partial charge in [0.15, 0.2) is 5.13 Å². The lowest BCUT2D eigenvalue weighted by molar-refractivity contribution is -0.114. The summed E-state index contributed by atoms with van der Waals surface area (Å²) in [7, 11) is -3.59. The largest absolute Gasteiger partial charge is 0.326 e. The molecule has 1 aliphatic rings. The van der Waals surface area contributed by atoms with Gasteiger partial charge in [-0.2, -0.15) is 4.31 Å². The van der Waals surface area contributed by atoms with E-state index in [-0.39, 0.29) is 22.8 Å². The van der Waals surface area contributed by atoms with Crippen molar-refractivity contribution in [2.24, 2.45) is 0 Å². The molecule has 10 heteroatoms. The number of sulfonamides is 1. The van der Waals surface area contributed by atoms with Crippen LogP contribution < -0.4 is 10.6 Å². The third kappa shape index (κ3) is 5.07. The number of anilines is 2. The molecule has 0 aliphatic carbocycles. The van der Waals surface area contributed by atoms with Gasteiger partial charge in [0.2, 0.25) is 15.9 Å². The maximum Gasteiger partial charge on any atom is 0.257 e. The highest BCUT2D eigenvalue weighted by molar-refractivity contribution is 7.89. The second-order valence-electron chi connectivity index (χ2n) is 8.03. The van der Waals surface area contributed by atoms with E-state index in [2.05, 4.69) is 15.6 Å². The maximum absolute atomic E-state index is 13.1. The molecule has 1 atom stereocenters. The molecule has 1 unspecified atom stereocenters. The fourth-order valence-corrected chi connectivity index (χ4v) is 6.71. The number of thiazole rings is 1. The number of aromatic nitrogens is 1. The van der Waals surface area contributed by atoms with E-state index in [1.54, 1.807) is 22.5 Å². The summed E-state index contributed by atoms with van der Waals surface area (Å²) in [6.07, 6.45) is 3.58. The van der Waals surface area contributed by atoms with Gasteiger partial charge in [0.05, 0.1) is 15.1 Å². The molecule has 2 heterocycles. The van der Waals surface area contributed by atoms with Gasteiger partial charge in [0, 0.05) is 30.8 Å². The lowest BCUT2D eigenvalue weighted by Gasteiger charge is -2.34. The highest BCUT2D eigenvalue weighted by Crippen LogP contribution is 2.30. The average Bonchev–Trinajstić information content (AvgIpc) is 3.20. The fraction of sp³-hybridized carbons (Fsp3) is 0.348. The molecule has 0 saturated carbocycles. The van der Waals surface area contributed by atoms with E-state index in [0.717, 1.165) is 30.4 Å². The van der Waals surface area contributed by atoms with E-state index in [0.29, 0.717) is 28.4 Å². The van der Waals surface area contributed by atoms with Crippen LogP contribution in [-0.4, -0.2) is 42.1 Å². The number of carbonyl (C=O) groups excluding carboxylic acids is 2. The van der Waals surface area contributed by atoms with Gasteiger partial charge >= 0.3 is 0 Å². The first kappa shape index (κ1) is 23.3. The summed E-state index contributed by atoms with van der Waals surface area (Å²) in [5, 5.41) is 5.91. The third-order valence-corrected chi connectivity index (χ3v) is 8.60. The predicted octanol–water partition coefficient (Wildman–Crippen LogP) is 4.46. The highest BCUT2D eigenvalue weighted by Gasteiger charge is 2.32. The first-order valence-electron chi connectivity index (χ1n) is 10.9. The quantitative estimate of drug-likeness (QED) is 0.535. The number of nitrogens with one attached hydrogen (secondary N) is 2. The molecule has 2 N–H and O–H groups in total. The minimum absolute atomic E-state index is 0.0249. The number of nitrogens with zero attached hydrogens (tertiary/aromatic N) is 2. The SMILES string of the molecule is CCC1CCCCN1S(=O)(=O)c1ccc(C(=O)Nc2nc3ccc(NC(C)=O)cc3s2)cc1. The molecule has 33 heavy (non-hydrogen) atoms. The van der Waals surface area contributed by atoms with Gasteiger partial charge in [-0.25, -0.2) is 13.4 Å². The molecule has 0 spiro atoms. The van der Waals surface area contributed by atoms with Crippen molar-refractivity contribution in [2.75, 3.05) is 17.2 Å². The van der Waals surface area contributed by atoms with Crippen LogP contribution in [0.15, 0.2) is 47.4 Å². The van der Waals surface area contributed by atoms with Gasteiger partial charge < -0.3 is 5.32 Å². The van der Waals surface area contributed by atoms with E-state index in [1.807, 2.05) is 6.92 Å². The lowest BCUT2D eigenvalue weighted by Crippen LogP contribution is -2.43. The molecule has 1 fully saturated rings. The van der Waals surface area contributed by atoms with Crippen LogP contribution in [0.25, 0.3) is 10.2 Å². The van der Waals surface area contributed by atoms with E-state index in [1.165, 1.54) is 42.5 Å². The summed E-state index contributed by atoms with van der Waals surface area (Å²) >= 11 is 1.29. The average molecular weight is 487 g/mol. The maximum atomic E-state index is 13.1. The first-order valence-corrected chi connectivity index (χ1v) is 13.1. The molecule has 1 saturated heterocycles. The number of amides is 2. The number of hydrogen-bond acceptors (Lipinski definition) is 6. The Balaban J connectivity index is 1.49. The van der Waals surface area contributed by atoms with Crippen molar-refractivity contribution >= 4 is 54.2 Å². The Bertz CT molecular complexity index is 1290. The van der Waals surface area contributed by atoms with Crippen molar-refractivity contribution in [3.63, 3.8) is 0 Å². The van der Waals surface area contributed by atoms with Crippen molar-refractivity contribution in [3.8, 4) is 0 Å². The second-order valence-corrected chi connectivity index (χ2v) is 11.0. The van der Waals surface area contributed by atoms with Crippen molar-refractivity contribution in [3.05, 3.63) is 48.0 Å². The highest BCUT2D eigenvalue weighted by atomic mass is 32.2. The van der Waals surface area contributed by atoms with E-state index in [4.69, 9.17) is 0 Å². The summed E-state index contributed by atoms with van der Waals surface area (Å²) in [5.74, 6) is -0.534. The van der Waals surface area contributed by atoms with Gasteiger partial charge in [0.25, 0.3) is 5.91 Å². The Kier molecular flexibility index (Phi) is 6.78. The summed E-state index contributed by atoms with van der Waals surface area (Å²) in [6, 6.07) is 11.4. The molecule has 3 aromatic rings. The molecule has 8 nitrogen and oxygen atoms in total. The van der Waals surface area contributed by atoms with Crippen LogP contribution in [0.5, 0.6) is 0 Å². The van der Waals surface area contributed by atoms with Crippen LogP contribution in [0.1, 0.15) is 49.9 Å². The third-order valence-electron chi connectivity index (χ3n) is 5.70. The first-order chi connectivity index (χ1) is 15.8. The molecule has 0 bridgehead atoms. The number of carbonyl (C=O) groups is 2. The number of benzene rings is 2. The Morgan fingerprint density at radius 2 is 1.88 bits per heavy atom. The summed E-state index contributed by atoms with van der Waals surface area (Å²) in [5.41, 5.74) is 1.71. The van der Waals surface area contributed by atoms with E-state index < -0.39 is 10.0 Å². The summed E-state index contributed by atoms with van der Waals surface area (Å²) in [4.78, 5) is 28.6. The van der Waals surface area contributed by atoms with Gasteiger partial charge in [0.1, 0.15) is 0 Å². The van der Waals surface area contributed by atoms with E-state index in [9.17, 15) is 18.0 Å². The van der Waals surface area contributed by atoms with Crippen molar-refractivity contribution < 1.29 is 18.0 Å². The zero-order valence-electron chi connectivity index (χ0n) is 18.5. The fourth-order valence-electron chi connectivity index (χ4n) is 4.04. The van der Waals surface area contributed by atoms with E-state index >= 15 is 0 Å². The molecular formula is C23H26N4O4S2. The van der Waals surface area contributed by atoms with Crippen molar-refractivity contribution in [1.29, 1.82) is 0 Å². The zero-order chi connectivity index (χ0) is 23.6. The number of fused-ring (bicyclic) bond motifs is 1. The summed E-state index contributed by atoms with van der Waals surface area (Å²) < 4.78 is 28.6. The second kappa shape index (κ2) is 9.58. The standard InChI is InChI=1S/C23H26N4O4S2/c1-3-18-6-4-5-13-27(18)33(30,31)19-10-7-16(8-11-19)22(29)26-23-25-20-12-9-17(24-15(2)28)14-21(20)32-23/h7-12,14,18H,3-6,13H2,1-2H3,(H,24,28)(H,25,26,29). The molecule has 2 amide bonds. The van der Waals surface area contributed by atoms with Crippen molar-refractivity contribution in [1.82, 2.24) is 9.29 Å². The molecule has 0 radical (unpaired) electrons. The Labute approximate surface area is 197 Å². The molecule has 1 aromatic heterocycles. The van der Waals surface area contributed by atoms with Gasteiger partial charge in [-0.05, 0) is 61.7 Å². The van der Waals surface area contributed by atoms with Crippen LogP contribution in [-0.2, 0) is 14.8 Å². The van der Waals surface area contributed by atoms with Gasteiger partial charge in [-0.1, -0.05) is 24.7 Å². The van der Waals surface area contributed by atoms with Crippen LogP contribution in [0.2, 0.25) is 0 Å². The minimum atomic E-state index is -3.59. The minimum Gasteiger partial charge on any atom is -0.326 e. The number of rotatable bonds is 6. The Morgan fingerprint density at radius 3 is 2.58 bits per heavy atom. The molecule has 4 rings (SSSR count). The van der Waals surface area contributed by atoms with Crippen molar-refractivity contribution in [2.45, 2.75) is 50.5 Å². The van der Waals surface area contributed by atoms with Crippen LogP contribution in [0.3, 0.4) is 0 Å². The molecule has 174 valence electrons. The Morgan fingerprint density at radius 1 is 1.12 bits per heavy atom. The monoisotopic (exact) mass is 486 g/mol. The lowest BCUT2D eigenvalue weighted by atomic mass is 10.0. The number of piperidine rings is 1.